The van der Waals surface area contributed by atoms with Crippen LogP contribution in [0.4, 0.5) is 0 Å². The number of rotatable bonds is 1. The van der Waals surface area contributed by atoms with Gasteiger partial charge < -0.3 is 0 Å². The van der Waals surface area contributed by atoms with E-state index in [9.17, 15) is 8.42 Å². The Morgan fingerprint density at radius 3 is 1.85 bits per heavy atom. The van der Waals surface area contributed by atoms with Crippen LogP contribution in [0.15, 0.2) is 29.2 Å². The Kier molecular flexibility index (Phi) is 5.14. The Balaban J connectivity index is 0.000000671. The molecule has 0 heterocycles. The molecule has 0 aliphatic rings. The lowest BCUT2D eigenvalue weighted by Crippen LogP contribution is -1.96. The van der Waals surface area contributed by atoms with E-state index in [2.05, 4.69) is 9.24 Å². The van der Waals surface area contributed by atoms with Crippen LogP contribution in [-0.4, -0.2) is 19.6 Å². The number of benzene rings is 1. The van der Waals surface area contributed by atoms with Gasteiger partial charge in [-0.3, -0.25) is 4.55 Å². The predicted molar refractivity (Wildman–Crippen MR) is 56.6 cm³/mol. The SMILES string of the molecule is CP.Cc1ccc(S(=O)(=O)O)cc1. The second kappa shape index (κ2) is 5.32. The Morgan fingerprint density at radius 1 is 1.15 bits per heavy atom. The number of aryl methyl sites for hydroxylation is 1. The van der Waals surface area contributed by atoms with Gasteiger partial charge in [0.2, 0.25) is 0 Å². The molecule has 1 aromatic rings. The Labute approximate surface area is 81.1 Å². The molecule has 1 atom stereocenters. The van der Waals surface area contributed by atoms with Crippen LogP contribution < -0.4 is 0 Å². The number of hydrogen-bond donors (Lipinski definition) is 1. The van der Waals surface area contributed by atoms with Gasteiger partial charge in [-0.2, -0.15) is 8.42 Å². The van der Waals surface area contributed by atoms with Gasteiger partial charge in [-0.15, -0.1) is 9.24 Å². The quantitative estimate of drug-likeness (QED) is 0.579. The molecule has 1 rings (SSSR count). The maximum Gasteiger partial charge on any atom is 0.294 e. The van der Waals surface area contributed by atoms with Crippen LogP contribution >= 0.6 is 9.24 Å². The average Bonchev–Trinajstić information content (AvgIpc) is 2.07. The lowest BCUT2D eigenvalue weighted by molar-refractivity contribution is 0.483. The van der Waals surface area contributed by atoms with Crippen LogP contribution in [0.5, 0.6) is 0 Å². The van der Waals surface area contributed by atoms with Gasteiger partial charge in [0, 0.05) is 0 Å². The van der Waals surface area contributed by atoms with Crippen LogP contribution in [0.25, 0.3) is 0 Å². The highest BCUT2D eigenvalue weighted by Crippen LogP contribution is 2.08. The maximum atomic E-state index is 10.5. The van der Waals surface area contributed by atoms with Crippen LogP contribution in [-0.2, 0) is 10.1 Å². The maximum absolute atomic E-state index is 10.5. The zero-order chi connectivity index (χ0) is 10.5. The van der Waals surface area contributed by atoms with Crippen LogP contribution in [0, 0.1) is 6.92 Å². The first-order valence-electron chi connectivity index (χ1n) is 3.62. The molecule has 0 aromatic heterocycles. The highest BCUT2D eigenvalue weighted by Gasteiger charge is 2.06. The monoisotopic (exact) mass is 220 g/mol. The summed E-state index contributed by atoms with van der Waals surface area (Å²) in [6.07, 6.45) is 0. The fraction of sp³-hybridized carbons (Fsp3) is 0.250. The fourth-order valence-corrected chi connectivity index (χ4v) is 1.19. The molecule has 0 fully saturated rings. The van der Waals surface area contributed by atoms with Crippen molar-refractivity contribution in [1.29, 1.82) is 0 Å². The lowest BCUT2D eigenvalue weighted by atomic mass is 10.2. The van der Waals surface area contributed by atoms with Crippen molar-refractivity contribution >= 4 is 19.4 Å². The van der Waals surface area contributed by atoms with E-state index in [1.165, 1.54) is 12.1 Å². The topological polar surface area (TPSA) is 54.4 Å². The molecule has 0 aliphatic carbocycles. The van der Waals surface area contributed by atoms with Crippen molar-refractivity contribution in [2.45, 2.75) is 11.8 Å². The van der Waals surface area contributed by atoms with E-state index < -0.39 is 10.1 Å². The largest absolute Gasteiger partial charge is 0.294 e. The summed E-state index contributed by atoms with van der Waals surface area (Å²) >= 11 is 0. The molecule has 5 heteroatoms. The van der Waals surface area contributed by atoms with Crippen molar-refractivity contribution in [1.82, 2.24) is 0 Å². The minimum Gasteiger partial charge on any atom is -0.282 e. The summed E-state index contributed by atoms with van der Waals surface area (Å²) in [6, 6.07) is 5.99. The smallest absolute Gasteiger partial charge is 0.282 e. The Morgan fingerprint density at radius 2 is 1.54 bits per heavy atom. The second-order valence-corrected chi connectivity index (χ2v) is 3.71. The summed E-state index contributed by atoms with van der Waals surface area (Å²) in [5.74, 6) is 0. The minimum atomic E-state index is -4.02. The summed E-state index contributed by atoms with van der Waals surface area (Å²) in [5, 5.41) is 0. The van der Waals surface area contributed by atoms with Gasteiger partial charge in [-0.1, -0.05) is 24.4 Å². The third-order valence-corrected chi connectivity index (χ3v) is 2.19. The first-order chi connectivity index (χ1) is 6.00. The summed E-state index contributed by atoms with van der Waals surface area (Å²) in [5.41, 5.74) is 0.956. The van der Waals surface area contributed by atoms with Crippen molar-refractivity contribution in [3.63, 3.8) is 0 Å². The Hall–Kier alpha value is -0.440. The molecule has 1 unspecified atom stereocenters. The second-order valence-electron chi connectivity index (χ2n) is 2.29. The summed E-state index contributed by atoms with van der Waals surface area (Å²) < 4.78 is 29.6. The van der Waals surface area contributed by atoms with E-state index in [0.717, 1.165) is 5.56 Å². The van der Waals surface area contributed by atoms with Gasteiger partial charge in [0.15, 0.2) is 0 Å². The molecule has 3 nitrogen and oxygen atoms in total. The molecule has 0 aliphatic heterocycles. The van der Waals surface area contributed by atoms with E-state index >= 15 is 0 Å². The highest BCUT2D eigenvalue weighted by atomic mass is 32.2. The van der Waals surface area contributed by atoms with Gasteiger partial charge in [-0.05, 0) is 19.1 Å². The molecule has 0 bridgehead atoms. The van der Waals surface area contributed by atoms with Gasteiger partial charge in [0.05, 0.1) is 4.90 Å². The minimum absolute atomic E-state index is 0.0666. The summed E-state index contributed by atoms with van der Waals surface area (Å²) in [6.45, 7) is 3.76. The van der Waals surface area contributed by atoms with Gasteiger partial charge in [0.25, 0.3) is 10.1 Å². The van der Waals surface area contributed by atoms with Crippen LogP contribution in [0.3, 0.4) is 0 Å². The molecule has 0 amide bonds. The summed E-state index contributed by atoms with van der Waals surface area (Å²) in [4.78, 5) is -0.0666. The third kappa shape index (κ3) is 4.36. The van der Waals surface area contributed by atoms with E-state index in [4.69, 9.17) is 4.55 Å². The van der Waals surface area contributed by atoms with Crippen molar-refractivity contribution in [2.24, 2.45) is 0 Å². The van der Waals surface area contributed by atoms with Gasteiger partial charge in [0.1, 0.15) is 0 Å². The molecule has 1 aromatic carbocycles. The van der Waals surface area contributed by atoms with E-state index in [-0.39, 0.29) is 4.90 Å². The molecule has 0 radical (unpaired) electrons. The molecule has 13 heavy (non-hydrogen) atoms. The molecular formula is C8H13O3PS. The normalized spacial score (nSPS) is 10.2. The fourth-order valence-electron chi connectivity index (χ4n) is 0.710. The molecule has 74 valence electrons. The lowest BCUT2D eigenvalue weighted by Gasteiger charge is -1.95. The zero-order valence-electron chi connectivity index (χ0n) is 7.56. The third-order valence-electron chi connectivity index (χ3n) is 1.32. The van der Waals surface area contributed by atoms with E-state index in [0.29, 0.717) is 0 Å². The zero-order valence-corrected chi connectivity index (χ0v) is 9.53. The van der Waals surface area contributed by atoms with E-state index in [1.807, 2.05) is 13.6 Å². The highest BCUT2D eigenvalue weighted by molar-refractivity contribution is 7.85. The number of hydrogen-bond acceptors (Lipinski definition) is 2. The summed E-state index contributed by atoms with van der Waals surface area (Å²) in [7, 11) is -1.60. The Bertz CT molecular complexity index is 342. The molecule has 0 spiro atoms. The van der Waals surface area contributed by atoms with Crippen molar-refractivity contribution in [3.8, 4) is 0 Å². The van der Waals surface area contributed by atoms with Crippen molar-refractivity contribution < 1.29 is 13.0 Å². The molecule has 1 N–H and O–H groups in total. The molecule has 0 saturated heterocycles. The van der Waals surface area contributed by atoms with Crippen molar-refractivity contribution in [3.05, 3.63) is 29.8 Å². The van der Waals surface area contributed by atoms with E-state index in [1.54, 1.807) is 12.1 Å². The average molecular weight is 220 g/mol. The van der Waals surface area contributed by atoms with Crippen LogP contribution in [0.1, 0.15) is 5.56 Å². The van der Waals surface area contributed by atoms with Gasteiger partial charge in [-0.25, -0.2) is 0 Å². The van der Waals surface area contributed by atoms with Gasteiger partial charge >= 0.3 is 0 Å². The molecule has 0 saturated carbocycles. The standard InChI is InChI=1S/C7H8O3S.CH5P/c1-6-2-4-7(5-3-6)11(8,9)10;1-2/h2-5H,1H3,(H,8,9,10);2H2,1H3. The molecular weight excluding hydrogens is 207 g/mol. The van der Waals surface area contributed by atoms with Crippen molar-refractivity contribution in [2.75, 3.05) is 6.66 Å². The first-order valence-corrected chi connectivity index (χ1v) is 6.21. The van der Waals surface area contributed by atoms with Crippen LogP contribution in [0.2, 0.25) is 0 Å². The predicted octanol–water partition coefficient (Wildman–Crippen LogP) is 1.73. The first kappa shape index (κ1) is 12.6.